The minimum atomic E-state index is 0.632. The summed E-state index contributed by atoms with van der Waals surface area (Å²) in [4.78, 5) is 20.4. The molecule has 0 radical (unpaired) electrons. The van der Waals surface area contributed by atoms with Crippen LogP contribution in [0.3, 0.4) is 0 Å². The molecule has 0 saturated carbocycles. The topological polar surface area (TPSA) is 56.0 Å². The third-order valence-electron chi connectivity index (χ3n) is 11.0. The maximum absolute atomic E-state index is 5.53. The number of hydrogen-bond donors (Lipinski definition) is 0. The third kappa shape index (κ3) is 4.79. The van der Waals surface area contributed by atoms with Crippen molar-refractivity contribution in [2.75, 3.05) is 0 Å². The van der Waals surface area contributed by atoms with Gasteiger partial charge < -0.3 is 0 Å². The number of pyridine rings is 1. The summed E-state index contributed by atoms with van der Waals surface area (Å²) in [5, 5.41) is 9.76. The van der Waals surface area contributed by atoms with Crippen LogP contribution in [0.2, 0.25) is 0 Å². The van der Waals surface area contributed by atoms with Crippen LogP contribution in [0.4, 0.5) is 0 Å². The first-order chi connectivity index (χ1) is 27.7. The Hall–Kier alpha value is -7.28. The second kappa shape index (κ2) is 12.1. The Kier molecular flexibility index (Phi) is 6.73. The van der Waals surface area contributed by atoms with Gasteiger partial charge in [0.05, 0.1) is 21.4 Å². The maximum atomic E-state index is 5.53. The number of fused-ring (bicyclic) bond motifs is 12. The van der Waals surface area contributed by atoms with Crippen molar-refractivity contribution in [3.8, 4) is 45.4 Å². The van der Waals surface area contributed by atoms with Gasteiger partial charge in [-0.25, -0.2) is 19.9 Å². The highest BCUT2D eigenvalue weighted by molar-refractivity contribution is 7.27. The molecule has 0 spiro atoms. The molecule has 12 rings (SSSR count). The van der Waals surface area contributed by atoms with E-state index in [-0.39, 0.29) is 0 Å². The normalized spacial score (nSPS) is 11.9. The van der Waals surface area contributed by atoms with Crippen LogP contribution in [0.5, 0.6) is 0 Å². The predicted molar refractivity (Wildman–Crippen MR) is 233 cm³/mol. The Labute approximate surface area is 324 Å². The molecule has 0 aliphatic rings. The second-order valence-corrected chi connectivity index (χ2v) is 15.3. The molecule has 0 N–H and O–H groups in total. The van der Waals surface area contributed by atoms with Crippen molar-refractivity contribution in [1.29, 1.82) is 0 Å². The summed E-state index contributed by atoms with van der Waals surface area (Å²) < 4.78 is 4.84. The summed E-state index contributed by atoms with van der Waals surface area (Å²) >= 11 is 1.84. The summed E-state index contributed by atoms with van der Waals surface area (Å²) in [6, 6.07) is 62.0. The average molecular weight is 732 g/mol. The maximum Gasteiger partial charge on any atom is 0.164 e. The van der Waals surface area contributed by atoms with E-state index < -0.39 is 0 Å². The van der Waals surface area contributed by atoms with Crippen LogP contribution in [0.1, 0.15) is 0 Å². The van der Waals surface area contributed by atoms with Crippen molar-refractivity contribution in [3.63, 3.8) is 0 Å². The first-order valence-corrected chi connectivity index (χ1v) is 19.5. The first kappa shape index (κ1) is 31.1. The molecule has 56 heavy (non-hydrogen) atoms. The van der Waals surface area contributed by atoms with E-state index >= 15 is 0 Å². The summed E-state index contributed by atoms with van der Waals surface area (Å²) in [5.74, 6) is 1.92. The summed E-state index contributed by atoms with van der Waals surface area (Å²) in [6.07, 6.45) is 0. The Bertz CT molecular complexity index is 3460. The van der Waals surface area contributed by atoms with E-state index in [9.17, 15) is 0 Å². The predicted octanol–water partition coefficient (Wildman–Crippen LogP) is 13.2. The van der Waals surface area contributed by atoms with Crippen molar-refractivity contribution < 1.29 is 0 Å². The number of imidazole rings is 1. The number of benzene rings is 8. The highest BCUT2D eigenvalue weighted by Gasteiger charge is 2.20. The molecule has 12 aromatic rings. The van der Waals surface area contributed by atoms with Gasteiger partial charge in [0.1, 0.15) is 0 Å². The Morgan fingerprint density at radius 3 is 1.62 bits per heavy atom. The zero-order valence-corrected chi connectivity index (χ0v) is 30.7. The fraction of sp³-hybridized carbons (Fsp3) is 0. The number of rotatable bonds is 4. The van der Waals surface area contributed by atoms with Crippen LogP contribution in [-0.4, -0.2) is 24.3 Å². The lowest BCUT2D eigenvalue weighted by molar-refractivity contribution is 1.07. The Morgan fingerprint density at radius 1 is 0.357 bits per heavy atom. The van der Waals surface area contributed by atoms with Crippen molar-refractivity contribution in [2.24, 2.45) is 0 Å². The second-order valence-electron chi connectivity index (χ2n) is 14.3. The standard InChI is InChI=1S/C50H29N5S/c1-3-12-32(13-4-1)47-52-48(33-14-5-2-6-15-33)54-49(53-47)34-21-19-31(20-22-34)43-29-41-39-25-23-30-11-9-10-18-38(30)45(39)56-46(41)50-51-44-40-28-36-17-8-7-16-35(36)27-37(40)24-26-42(44)55(43)50/h1-29H. The highest BCUT2D eigenvalue weighted by Crippen LogP contribution is 2.44. The summed E-state index contributed by atoms with van der Waals surface area (Å²) in [5.41, 5.74) is 8.05. The minimum Gasteiger partial charge on any atom is -0.291 e. The zero-order chi connectivity index (χ0) is 36.7. The molecular weight excluding hydrogens is 703 g/mol. The first-order valence-electron chi connectivity index (χ1n) is 18.7. The molecule has 0 fully saturated rings. The van der Waals surface area contributed by atoms with Gasteiger partial charge in [0.25, 0.3) is 0 Å². The van der Waals surface area contributed by atoms with Gasteiger partial charge in [-0.1, -0.05) is 152 Å². The van der Waals surface area contributed by atoms with Crippen molar-refractivity contribution in [2.45, 2.75) is 0 Å². The van der Waals surface area contributed by atoms with E-state index in [1.54, 1.807) is 0 Å². The van der Waals surface area contributed by atoms with E-state index in [0.717, 1.165) is 50.0 Å². The van der Waals surface area contributed by atoms with Gasteiger partial charge >= 0.3 is 0 Å². The van der Waals surface area contributed by atoms with E-state index in [0.29, 0.717) is 17.5 Å². The molecule has 0 aliphatic heterocycles. The van der Waals surface area contributed by atoms with Crippen LogP contribution in [-0.2, 0) is 0 Å². The van der Waals surface area contributed by atoms with Crippen LogP contribution >= 0.6 is 11.3 Å². The molecule has 4 aromatic heterocycles. The fourth-order valence-electron chi connectivity index (χ4n) is 8.25. The molecule has 8 aromatic carbocycles. The minimum absolute atomic E-state index is 0.632. The third-order valence-corrected chi connectivity index (χ3v) is 12.2. The molecule has 260 valence electrons. The molecule has 0 amide bonds. The van der Waals surface area contributed by atoms with E-state index in [1.807, 2.05) is 72.0 Å². The van der Waals surface area contributed by atoms with Crippen molar-refractivity contribution in [1.82, 2.24) is 24.3 Å². The SMILES string of the molecule is c1ccc(-c2nc(-c3ccccc3)nc(-c3ccc(-c4cc5c6ccc7ccccc7c6sc5c5nc6c7cc8ccccc8cc7ccc6n45)cc3)n2)cc1. The Morgan fingerprint density at radius 2 is 0.929 bits per heavy atom. The molecule has 0 saturated heterocycles. The molecule has 4 heterocycles. The fourth-order valence-corrected chi connectivity index (χ4v) is 9.54. The van der Waals surface area contributed by atoms with Gasteiger partial charge in [-0.15, -0.1) is 11.3 Å². The van der Waals surface area contributed by atoms with Crippen molar-refractivity contribution >= 4 is 80.5 Å². The van der Waals surface area contributed by atoms with Crippen LogP contribution in [0, 0.1) is 0 Å². The van der Waals surface area contributed by atoms with Gasteiger partial charge in [-0.05, 0) is 56.8 Å². The molecule has 0 aliphatic carbocycles. The monoisotopic (exact) mass is 731 g/mol. The molecular formula is C50H29N5S. The van der Waals surface area contributed by atoms with Gasteiger partial charge in [0.15, 0.2) is 23.1 Å². The van der Waals surface area contributed by atoms with Gasteiger partial charge in [0, 0.05) is 37.5 Å². The van der Waals surface area contributed by atoms with Gasteiger partial charge in [-0.3, -0.25) is 4.40 Å². The van der Waals surface area contributed by atoms with Gasteiger partial charge in [0.2, 0.25) is 0 Å². The molecule has 0 bridgehead atoms. The van der Waals surface area contributed by atoms with Crippen LogP contribution in [0.15, 0.2) is 176 Å². The van der Waals surface area contributed by atoms with Crippen LogP contribution < -0.4 is 0 Å². The number of nitrogens with zero attached hydrogens (tertiary/aromatic N) is 5. The van der Waals surface area contributed by atoms with Crippen LogP contribution in [0.25, 0.3) is 115 Å². The lowest BCUT2D eigenvalue weighted by Gasteiger charge is -2.11. The number of aromatic nitrogens is 5. The lowest BCUT2D eigenvalue weighted by atomic mass is 10.0. The number of thiophene rings is 1. The molecule has 0 unspecified atom stereocenters. The molecule has 6 heteroatoms. The van der Waals surface area contributed by atoms with Gasteiger partial charge in [-0.2, -0.15) is 0 Å². The average Bonchev–Trinajstić information content (AvgIpc) is 3.86. The zero-order valence-electron chi connectivity index (χ0n) is 29.9. The summed E-state index contributed by atoms with van der Waals surface area (Å²) in [7, 11) is 0. The van der Waals surface area contributed by atoms with Crippen molar-refractivity contribution in [3.05, 3.63) is 176 Å². The van der Waals surface area contributed by atoms with E-state index in [2.05, 4.69) is 120 Å². The highest BCUT2D eigenvalue weighted by atomic mass is 32.1. The molecule has 5 nitrogen and oxygen atoms in total. The Balaban J connectivity index is 1.10. The van der Waals surface area contributed by atoms with E-state index in [1.165, 1.54) is 47.1 Å². The molecule has 0 atom stereocenters. The number of hydrogen-bond acceptors (Lipinski definition) is 5. The lowest BCUT2D eigenvalue weighted by Crippen LogP contribution is -2.00. The smallest absolute Gasteiger partial charge is 0.164 e. The summed E-state index contributed by atoms with van der Waals surface area (Å²) in [6.45, 7) is 0. The quantitative estimate of drug-likeness (QED) is 0.169. The largest absolute Gasteiger partial charge is 0.291 e. The van der Waals surface area contributed by atoms with E-state index in [4.69, 9.17) is 19.9 Å².